The number of carbonyl (C=O) groups is 1. The van der Waals surface area contributed by atoms with Gasteiger partial charge in [-0.15, -0.1) is 0 Å². The van der Waals surface area contributed by atoms with E-state index in [1.54, 1.807) is 26.0 Å². The Hall–Kier alpha value is -2.11. The number of halogens is 1. The van der Waals surface area contributed by atoms with E-state index >= 15 is 0 Å². The van der Waals surface area contributed by atoms with Crippen molar-refractivity contribution in [2.45, 2.75) is 13.8 Å². The molecule has 18 heavy (non-hydrogen) atoms. The van der Waals surface area contributed by atoms with Crippen LogP contribution in [0.3, 0.4) is 0 Å². The van der Waals surface area contributed by atoms with Crippen molar-refractivity contribution in [1.29, 1.82) is 0 Å². The number of rotatable bonds is 4. The van der Waals surface area contributed by atoms with Crippen molar-refractivity contribution in [3.05, 3.63) is 35.1 Å². The smallest absolute Gasteiger partial charge is 0.254 e. The molecule has 98 valence electrons. The van der Waals surface area contributed by atoms with Crippen LogP contribution in [0, 0.1) is 18.7 Å². The van der Waals surface area contributed by atoms with Crippen molar-refractivity contribution in [3.63, 3.8) is 0 Å². The maximum absolute atomic E-state index is 13.7. The predicted octanol–water partition coefficient (Wildman–Crippen LogP) is 1.25. The van der Waals surface area contributed by atoms with Crippen molar-refractivity contribution < 1.29 is 14.4 Å². The first-order valence-corrected chi connectivity index (χ1v) is 5.48. The molecule has 1 aromatic carbocycles. The van der Waals surface area contributed by atoms with Crippen molar-refractivity contribution in [2.24, 2.45) is 16.8 Å². The minimum atomic E-state index is -0.536. The SMILES string of the molecule is Cc1cccc(C(=O)NCC(C)/C(N)=N/O)c1F. The third kappa shape index (κ3) is 3.19. The van der Waals surface area contributed by atoms with E-state index in [0.717, 1.165) is 0 Å². The number of nitrogens with two attached hydrogens (primary N) is 1. The first-order chi connectivity index (χ1) is 8.47. The molecule has 1 aromatic rings. The van der Waals surface area contributed by atoms with E-state index in [-0.39, 0.29) is 23.9 Å². The Morgan fingerprint density at radius 3 is 2.89 bits per heavy atom. The van der Waals surface area contributed by atoms with Gasteiger partial charge in [0, 0.05) is 12.5 Å². The lowest BCUT2D eigenvalue weighted by Gasteiger charge is -2.11. The van der Waals surface area contributed by atoms with Crippen LogP contribution in [0.15, 0.2) is 23.4 Å². The minimum Gasteiger partial charge on any atom is -0.409 e. The van der Waals surface area contributed by atoms with Gasteiger partial charge in [0.15, 0.2) is 0 Å². The van der Waals surface area contributed by atoms with E-state index in [1.807, 2.05) is 0 Å². The monoisotopic (exact) mass is 253 g/mol. The number of carbonyl (C=O) groups excluding carboxylic acids is 1. The van der Waals surface area contributed by atoms with Crippen molar-refractivity contribution in [2.75, 3.05) is 6.54 Å². The minimum absolute atomic E-state index is 0.0123. The first kappa shape index (κ1) is 14.0. The molecule has 1 unspecified atom stereocenters. The van der Waals surface area contributed by atoms with Gasteiger partial charge in [-0.3, -0.25) is 4.79 Å². The molecular weight excluding hydrogens is 237 g/mol. The number of hydrogen-bond acceptors (Lipinski definition) is 3. The molecule has 0 fully saturated rings. The highest BCUT2D eigenvalue weighted by Gasteiger charge is 2.15. The largest absolute Gasteiger partial charge is 0.409 e. The fourth-order valence-corrected chi connectivity index (χ4v) is 1.37. The standard InChI is InChI=1S/C12H16FN3O2/c1-7-4-3-5-9(10(7)13)12(17)15-6-8(2)11(14)16-18/h3-5,8,18H,6H2,1-2H3,(H2,14,16)(H,15,17). The van der Waals surface area contributed by atoms with Gasteiger partial charge < -0.3 is 16.3 Å². The van der Waals surface area contributed by atoms with Gasteiger partial charge in [-0.1, -0.05) is 24.2 Å². The summed E-state index contributed by atoms with van der Waals surface area (Å²) in [5, 5.41) is 13.8. The molecule has 5 nitrogen and oxygen atoms in total. The number of aryl methyl sites for hydroxylation is 1. The summed E-state index contributed by atoms with van der Waals surface area (Å²) in [6.45, 7) is 3.44. The lowest BCUT2D eigenvalue weighted by Crippen LogP contribution is -2.35. The average Bonchev–Trinajstić information content (AvgIpc) is 2.37. The molecular formula is C12H16FN3O2. The molecule has 4 N–H and O–H groups in total. The second-order valence-electron chi connectivity index (χ2n) is 4.07. The molecule has 1 rings (SSSR count). The Bertz CT molecular complexity index is 474. The van der Waals surface area contributed by atoms with Crippen LogP contribution in [0.5, 0.6) is 0 Å². The van der Waals surface area contributed by atoms with E-state index in [9.17, 15) is 9.18 Å². The van der Waals surface area contributed by atoms with Gasteiger partial charge in [-0.2, -0.15) is 0 Å². The van der Waals surface area contributed by atoms with E-state index < -0.39 is 11.7 Å². The zero-order valence-corrected chi connectivity index (χ0v) is 10.3. The van der Waals surface area contributed by atoms with E-state index in [0.29, 0.717) is 5.56 Å². The van der Waals surface area contributed by atoms with E-state index in [1.165, 1.54) is 6.07 Å². The number of amidine groups is 1. The molecule has 0 saturated carbocycles. The van der Waals surface area contributed by atoms with Crippen LogP contribution in [-0.4, -0.2) is 23.5 Å². The predicted molar refractivity (Wildman–Crippen MR) is 66.0 cm³/mol. The number of benzene rings is 1. The molecule has 0 saturated heterocycles. The Balaban J connectivity index is 2.69. The summed E-state index contributed by atoms with van der Waals surface area (Å²) in [5.41, 5.74) is 5.77. The quantitative estimate of drug-likeness (QED) is 0.326. The highest BCUT2D eigenvalue weighted by atomic mass is 19.1. The fraction of sp³-hybridized carbons (Fsp3) is 0.333. The Morgan fingerprint density at radius 1 is 1.61 bits per heavy atom. The molecule has 0 aliphatic carbocycles. The summed E-state index contributed by atoms with van der Waals surface area (Å²) in [5.74, 6) is -1.37. The van der Waals surface area contributed by atoms with Crippen LogP contribution >= 0.6 is 0 Å². The highest BCUT2D eigenvalue weighted by Crippen LogP contribution is 2.11. The number of amides is 1. The van der Waals surface area contributed by atoms with Crippen LogP contribution in [0.25, 0.3) is 0 Å². The van der Waals surface area contributed by atoms with Crippen LogP contribution in [-0.2, 0) is 0 Å². The molecule has 0 spiro atoms. The van der Waals surface area contributed by atoms with Crippen LogP contribution in [0.4, 0.5) is 4.39 Å². The van der Waals surface area contributed by atoms with Gasteiger partial charge in [0.2, 0.25) is 0 Å². The lowest BCUT2D eigenvalue weighted by atomic mass is 10.1. The number of nitrogens with zero attached hydrogens (tertiary/aromatic N) is 1. The molecule has 0 heterocycles. The van der Waals surface area contributed by atoms with Gasteiger partial charge in [0.25, 0.3) is 5.91 Å². The summed E-state index contributed by atoms with van der Waals surface area (Å²) in [6, 6.07) is 4.61. The van der Waals surface area contributed by atoms with Crippen LogP contribution in [0.2, 0.25) is 0 Å². The van der Waals surface area contributed by atoms with Crippen LogP contribution < -0.4 is 11.1 Å². The number of hydrogen-bond donors (Lipinski definition) is 3. The third-order valence-corrected chi connectivity index (χ3v) is 2.63. The molecule has 0 aromatic heterocycles. The highest BCUT2D eigenvalue weighted by molar-refractivity contribution is 5.95. The average molecular weight is 253 g/mol. The second kappa shape index (κ2) is 6.00. The van der Waals surface area contributed by atoms with Crippen molar-refractivity contribution >= 4 is 11.7 Å². The summed E-state index contributed by atoms with van der Waals surface area (Å²) in [7, 11) is 0. The Labute approximate surface area is 104 Å². The molecule has 0 aliphatic heterocycles. The van der Waals surface area contributed by atoms with Gasteiger partial charge in [0.1, 0.15) is 11.7 Å². The van der Waals surface area contributed by atoms with Gasteiger partial charge in [-0.25, -0.2) is 4.39 Å². The third-order valence-electron chi connectivity index (χ3n) is 2.63. The topological polar surface area (TPSA) is 87.7 Å². The zero-order chi connectivity index (χ0) is 13.7. The van der Waals surface area contributed by atoms with Crippen molar-refractivity contribution in [1.82, 2.24) is 5.32 Å². The molecule has 0 aliphatic rings. The summed E-state index contributed by atoms with van der Waals surface area (Å²) < 4.78 is 13.7. The van der Waals surface area contributed by atoms with Gasteiger partial charge in [-0.05, 0) is 18.6 Å². The summed E-state index contributed by atoms with van der Waals surface area (Å²) >= 11 is 0. The maximum atomic E-state index is 13.7. The first-order valence-electron chi connectivity index (χ1n) is 5.48. The molecule has 6 heteroatoms. The lowest BCUT2D eigenvalue weighted by molar-refractivity contribution is 0.0947. The zero-order valence-electron chi connectivity index (χ0n) is 10.3. The van der Waals surface area contributed by atoms with Gasteiger partial charge in [0.05, 0.1) is 5.56 Å². The normalized spacial score (nSPS) is 13.2. The summed E-state index contributed by atoms with van der Waals surface area (Å²) in [6.07, 6.45) is 0. The van der Waals surface area contributed by atoms with Gasteiger partial charge >= 0.3 is 0 Å². The summed E-state index contributed by atoms with van der Waals surface area (Å²) in [4.78, 5) is 11.7. The van der Waals surface area contributed by atoms with E-state index in [4.69, 9.17) is 10.9 Å². The molecule has 1 amide bonds. The fourth-order valence-electron chi connectivity index (χ4n) is 1.37. The number of nitrogens with one attached hydrogen (secondary N) is 1. The Morgan fingerprint density at radius 2 is 2.28 bits per heavy atom. The molecule has 1 atom stereocenters. The number of oxime groups is 1. The van der Waals surface area contributed by atoms with E-state index in [2.05, 4.69) is 10.5 Å². The van der Waals surface area contributed by atoms with Crippen LogP contribution in [0.1, 0.15) is 22.8 Å². The maximum Gasteiger partial charge on any atom is 0.254 e. The molecule has 0 radical (unpaired) electrons. The second-order valence-corrected chi connectivity index (χ2v) is 4.07. The molecule has 0 bridgehead atoms. The Kier molecular flexibility index (Phi) is 4.65. The van der Waals surface area contributed by atoms with Crippen molar-refractivity contribution in [3.8, 4) is 0 Å².